The molecule has 0 atom stereocenters. The summed E-state index contributed by atoms with van der Waals surface area (Å²) in [5.41, 5.74) is 6.13. The summed E-state index contributed by atoms with van der Waals surface area (Å²) in [4.78, 5) is 11.8. The minimum absolute atomic E-state index is 0.0193. The number of halogens is 2. The summed E-state index contributed by atoms with van der Waals surface area (Å²) in [6, 6.07) is 9.57. The first kappa shape index (κ1) is 13.0. The fourth-order valence-corrected chi connectivity index (χ4v) is 1.60. The molecule has 0 heterocycles. The summed E-state index contributed by atoms with van der Waals surface area (Å²) in [5.74, 6) is -1.20. The van der Waals surface area contributed by atoms with Crippen molar-refractivity contribution in [3.8, 4) is 0 Å². The number of Topliss-reactive ketones (excluding diaryl/α,β-unsaturated/α-hetero) is 1. The second kappa shape index (κ2) is 5.48. The standard InChI is InChI=1S/C14H12F2N2O/c15-10-2-1-3-11(7-10)18-8-14(19)9-4-5-12(16)13(17)6-9/h1-7,18H,8,17H2. The SMILES string of the molecule is Nc1cc(C(=O)CNc2cccc(F)c2)ccc1F. The molecule has 0 spiro atoms. The number of nitrogen functional groups attached to an aromatic ring is 1. The van der Waals surface area contributed by atoms with Gasteiger partial charge >= 0.3 is 0 Å². The van der Waals surface area contributed by atoms with Crippen LogP contribution in [0.1, 0.15) is 10.4 Å². The number of nitrogens with two attached hydrogens (primary N) is 1. The van der Waals surface area contributed by atoms with Gasteiger partial charge in [-0.2, -0.15) is 0 Å². The molecule has 0 saturated carbocycles. The van der Waals surface area contributed by atoms with E-state index in [-0.39, 0.29) is 23.8 Å². The second-order valence-electron chi connectivity index (χ2n) is 4.02. The van der Waals surface area contributed by atoms with Crippen LogP contribution in [0.25, 0.3) is 0 Å². The molecule has 0 saturated heterocycles. The number of ketones is 1. The van der Waals surface area contributed by atoms with Gasteiger partial charge in [0.15, 0.2) is 5.78 Å². The summed E-state index contributed by atoms with van der Waals surface area (Å²) in [7, 11) is 0. The van der Waals surface area contributed by atoms with Gasteiger partial charge in [-0.05, 0) is 36.4 Å². The van der Waals surface area contributed by atoms with Gasteiger partial charge < -0.3 is 11.1 Å². The molecule has 0 aromatic heterocycles. The second-order valence-corrected chi connectivity index (χ2v) is 4.02. The molecule has 0 bridgehead atoms. The first-order valence-corrected chi connectivity index (χ1v) is 5.64. The molecule has 0 amide bonds. The van der Waals surface area contributed by atoms with E-state index in [0.717, 1.165) is 6.07 Å². The first-order valence-electron chi connectivity index (χ1n) is 5.64. The van der Waals surface area contributed by atoms with E-state index in [9.17, 15) is 13.6 Å². The van der Waals surface area contributed by atoms with Crippen molar-refractivity contribution in [1.82, 2.24) is 0 Å². The van der Waals surface area contributed by atoms with Gasteiger partial charge in [0.1, 0.15) is 11.6 Å². The van der Waals surface area contributed by atoms with Crippen molar-refractivity contribution >= 4 is 17.2 Å². The number of benzene rings is 2. The smallest absolute Gasteiger partial charge is 0.181 e. The third-order valence-electron chi connectivity index (χ3n) is 2.60. The largest absolute Gasteiger partial charge is 0.396 e. The minimum atomic E-state index is -0.561. The fraction of sp³-hybridized carbons (Fsp3) is 0.0714. The molecule has 0 radical (unpaired) electrons. The maximum absolute atomic E-state index is 13.0. The number of rotatable bonds is 4. The summed E-state index contributed by atoms with van der Waals surface area (Å²) in [6.45, 7) is -0.0193. The predicted octanol–water partition coefficient (Wildman–Crippen LogP) is 2.84. The third kappa shape index (κ3) is 3.28. The highest BCUT2D eigenvalue weighted by Crippen LogP contribution is 2.14. The van der Waals surface area contributed by atoms with E-state index in [1.54, 1.807) is 6.07 Å². The van der Waals surface area contributed by atoms with Gasteiger partial charge in [0.25, 0.3) is 0 Å². The minimum Gasteiger partial charge on any atom is -0.396 e. The quantitative estimate of drug-likeness (QED) is 0.658. The first-order chi connectivity index (χ1) is 9.06. The zero-order valence-electron chi connectivity index (χ0n) is 9.99. The zero-order valence-corrected chi connectivity index (χ0v) is 9.99. The Labute approximate surface area is 109 Å². The average molecular weight is 262 g/mol. The van der Waals surface area contributed by atoms with E-state index in [1.165, 1.54) is 30.3 Å². The van der Waals surface area contributed by atoms with Crippen LogP contribution in [0, 0.1) is 11.6 Å². The van der Waals surface area contributed by atoms with Crippen LogP contribution in [-0.2, 0) is 0 Å². The maximum Gasteiger partial charge on any atom is 0.181 e. The Bertz CT molecular complexity index is 614. The summed E-state index contributed by atoms with van der Waals surface area (Å²) < 4.78 is 25.9. The molecular weight excluding hydrogens is 250 g/mol. The molecule has 5 heteroatoms. The van der Waals surface area contributed by atoms with E-state index in [2.05, 4.69) is 5.32 Å². The van der Waals surface area contributed by atoms with Crippen molar-refractivity contribution in [2.45, 2.75) is 0 Å². The summed E-state index contributed by atoms with van der Waals surface area (Å²) in [5, 5.41) is 2.79. The Balaban J connectivity index is 2.03. The van der Waals surface area contributed by atoms with Crippen LogP contribution < -0.4 is 11.1 Å². The molecule has 2 aromatic carbocycles. The third-order valence-corrected chi connectivity index (χ3v) is 2.60. The number of hydrogen-bond acceptors (Lipinski definition) is 3. The molecule has 3 N–H and O–H groups in total. The van der Waals surface area contributed by atoms with Crippen molar-refractivity contribution in [3.63, 3.8) is 0 Å². The molecule has 2 rings (SSSR count). The predicted molar refractivity (Wildman–Crippen MR) is 70.0 cm³/mol. The average Bonchev–Trinajstić information content (AvgIpc) is 2.39. The molecule has 0 aliphatic carbocycles. The Hall–Kier alpha value is -2.43. The highest BCUT2D eigenvalue weighted by Gasteiger charge is 2.08. The number of carbonyl (C=O) groups excluding carboxylic acids is 1. The lowest BCUT2D eigenvalue weighted by molar-refractivity contribution is 0.101. The molecule has 3 nitrogen and oxygen atoms in total. The molecule has 0 aliphatic rings. The van der Waals surface area contributed by atoms with Crippen LogP contribution in [0.4, 0.5) is 20.2 Å². The molecule has 0 aliphatic heterocycles. The zero-order chi connectivity index (χ0) is 13.8. The topological polar surface area (TPSA) is 55.1 Å². The van der Waals surface area contributed by atoms with Crippen LogP contribution >= 0.6 is 0 Å². The van der Waals surface area contributed by atoms with E-state index >= 15 is 0 Å². The lowest BCUT2D eigenvalue weighted by Crippen LogP contribution is -2.14. The molecule has 0 fully saturated rings. The molecular formula is C14H12F2N2O. The molecule has 0 unspecified atom stereocenters. The Morgan fingerprint density at radius 2 is 1.95 bits per heavy atom. The van der Waals surface area contributed by atoms with E-state index in [4.69, 9.17) is 5.73 Å². The monoisotopic (exact) mass is 262 g/mol. The molecule has 19 heavy (non-hydrogen) atoms. The lowest BCUT2D eigenvalue weighted by atomic mass is 10.1. The van der Waals surface area contributed by atoms with Gasteiger partial charge in [-0.25, -0.2) is 8.78 Å². The van der Waals surface area contributed by atoms with Gasteiger partial charge in [-0.3, -0.25) is 4.79 Å². The summed E-state index contributed by atoms with van der Waals surface area (Å²) in [6.07, 6.45) is 0. The molecule has 98 valence electrons. The van der Waals surface area contributed by atoms with Crippen LogP contribution in [-0.4, -0.2) is 12.3 Å². The van der Waals surface area contributed by atoms with Crippen LogP contribution in [0.3, 0.4) is 0 Å². The van der Waals surface area contributed by atoms with Gasteiger partial charge in [-0.15, -0.1) is 0 Å². The van der Waals surface area contributed by atoms with Crippen LogP contribution in [0.2, 0.25) is 0 Å². The van der Waals surface area contributed by atoms with Crippen molar-refractivity contribution in [3.05, 3.63) is 59.7 Å². The van der Waals surface area contributed by atoms with Crippen LogP contribution in [0.15, 0.2) is 42.5 Å². The number of carbonyl (C=O) groups is 1. The van der Waals surface area contributed by atoms with Crippen molar-refractivity contribution in [2.24, 2.45) is 0 Å². The van der Waals surface area contributed by atoms with Gasteiger partial charge in [0.05, 0.1) is 12.2 Å². The Morgan fingerprint density at radius 3 is 2.63 bits per heavy atom. The highest BCUT2D eigenvalue weighted by atomic mass is 19.1. The van der Waals surface area contributed by atoms with Crippen LogP contribution in [0.5, 0.6) is 0 Å². The lowest BCUT2D eigenvalue weighted by Gasteiger charge is -2.06. The van der Waals surface area contributed by atoms with Crippen molar-refractivity contribution < 1.29 is 13.6 Å². The number of hydrogen-bond donors (Lipinski definition) is 2. The highest BCUT2D eigenvalue weighted by molar-refractivity contribution is 5.99. The Morgan fingerprint density at radius 1 is 1.16 bits per heavy atom. The summed E-state index contributed by atoms with van der Waals surface area (Å²) >= 11 is 0. The van der Waals surface area contributed by atoms with Gasteiger partial charge in [0, 0.05) is 11.3 Å². The Kier molecular flexibility index (Phi) is 3.75. The number of nitrogens with one attached hydrogen (secondary N) is 1. The fourth-order valence-electron chi connectivity index (χ4n) is 1.60. The maximum atomic E-state index is 13.0. The van der Waals surface area contributed by atoms with E-state index in [1.807, 2.05) is 0 Å². The van der Waals surface area contributed by atoms with Crippen molar-refractivity contribution in [2.75, 3.05) is 17.6 Å². The van der Waals surface area contributed by atoms with Gasteiger partial charge in [-0.1, -0.05) is 6.07 Å². The van der Waals surface area contributed by atoms with E-state index < -0.39 is 5.82 Å². The van der Waals surface area contributed by atoms with Gasteiger partial charge in [0.2, 0.25) is 0 Å². The number of anilines is 2. The van der Waals surface area contributed by atoms with Crippen molar-refractivity contribution in [1.29, 1.82) is 0 Å². The van der Waals surface area contributed by atoms with E-state index in [0.29, 0.717) is 11.3 Å². The molecule has 2 aromatic rings. The normalized spacial score (nSPS) is 10.2.